The van der Waals surface area contributed by atoms with Gasteiger partial charge < -0.3 is 19.3 Å². The SMILES string of the molecule is O=C(O)C[C@@H]1COc2cc3c(cc21)OCC(c1cccc(-c2ccc(Cl)c(Cl)c2)c1)O3. The van der Waals surface area contributed by atoms with E-state index in [9.17, 15) is 4.79 Å². The Kier molecular flexibility index (Phi) is 5.16. The highest BCUT2D eigenvalue weighted by atomic mass is 35.5. The van der Waals surface area contributed by atoms with E-state index in [0.29, 0.717) is 40.5 Å². The molecule has 2 heterocycles. The Morgan fingerprint density at radius 2 is 1.71 bits per heavy atom. The molecule has 1 N–H and O–H groups in total. The molecule has 2 aliphatic rings. The molecule has 0 aromatic heterocycles. The molecular weight excluding hydrogens is 439 g/mol. The fourth-order valence-electron chi connectivity index (χ4n) is 3.98. The van der Waals surface area contributed by atoms with E-state index in [4.69, 9.17) is 42.5 Å². The van der Waals surface area contributed by atoms with Crippen molar-refractivity contribution in [3.63, 3.8) is 0 Å². The first-order valence-corrected chi connectivity index (χ1v) is 10.6. The van der Waals surface area contributed by atoms with Crippen LogP contribution in [0.2, 0.25) is 10.0 Å². The lowest BCUT2D eigenvalue weighted by Crippen LogP contribution is -2.21. The van der Waals surface area contributed by atoms with Gasteiger partial charge in [0.15, 0.2) is 17.6 Å². The normalized spacial score (nSPS) is 18.9. The van der Waals surface area contributed by atoms with Crippen LogP contribution in [-0.2, 0) is 4.79 Å². The average molecular weight is 457 g/mol. The molecule has 0 saturated carbocycles. The summed E-state index contributed by atoms with van der Waals surface area (Å²) in [5.41, 5.74) is 3.78. The van der Waals surface area contributed by atoms with Gasteiger partial charge in [-0.3, -0.25) is 4.79 Å². The molecule has 7 heteroatoms. The highest BCUT2D eigenvalue weighted by molar-refractivity contribution is 6.42. The van der Waals surface area contributed by atoms with E-state index in [2.05, 4.69) is 0 Å². The number of aliphatic carboxylic acids is 1. The lowest BCUT2D eigenvalue weighted by atomic mass is 9.97. The van der Waals surface area contributed by atoms with Crippen LogP contribution < -0.4 is 14.2 Å². The van der Waals surface area contributed by atoms with Crippen molar-refractivity contribution in [2.24, 2.45) is 0 Å². The fraction of sp³-hybridized carbons (Fsp3) is 0.208. The van der Waals surface area contributed by atoms with E-state index in [1.807, 2.05) is 42.5 Å². The van der Waals surface area contributed by atoms with Crippen LogP contribution in [0.3, 0.4) is 0 Å². The number of carbonyl (C=O) groups is 1. The van der Waals surface area contributed by atoms with E-state index in [1.165, 1.54) is 0 Å². The van der Waals surface area contributed by atoms with Gasteiger partial charge >= 0.3 is 5.97 Å². The summed E-state index contributed by atoms with van der Waals surface area (Å²) in [7, 11) is 0. The standard InChI is InChI=1S/C24H18Cl2O5/c25-18-5-4-14(7-19(18)26)13-2-1-3-15(6-13)23-12-30-21-9-17-16(8-24(27)28)11-29-20(17)10-22(21)31-23/h1-7,9-10,16,23H,8,11-12H2,(H,27,28)/t16-,23?/m1/s1. The van der Waals surface area contributed by atoms with Crippen LogP contribution in [0.5, 0.6) is 17.2 Å². The van der Waals surface area contributed by atoms with Crippen LogP contribution in [0, 0.1) is 0 Å². The number of fused-ring (bicyclic) bond motifs is 2. The Bertz CT molecular complexity index is 1180. The van der Waals surface area contributed by atoms with Crippen LogP contribution in [0.4, 0.5) is 0 Å². The fourth-order valence-corrected chi connectivity index (χ4v) is 4.28. The van der Waals surface area contributed by atoms with E-state index in [-0.39, 0.29) is 18.4 Å². The maximum Gasteiger partial charge on any atom is 0.304 e. The highest BCUT2D eigenvalue weighted by Gasteiger charge is 2.31. The summed E-state index contributed by atoms with van der Waals surface area (Å²) < 4.78 is 17.9. The molecule has 158 valence electrons. The van der Waals surface area contributed by atoms with Gasteiger partial charge in [0.1, 0.15) is 12.4 Å². The third-order valence-electron chi connectivity index (χ3n) is 5.55. The van der Waals surface area contributed by atoms with Crippen LogP contribution >= 0.6 is 23.2 Å². The van der Waals surface area contributed by atoms with Gasteiger partial charge in [0, 0.05) is 17.5 Å². The van der Waals surface area contributed by atoms with Gasteiger partial charge in [0.25, 0.3) is 0 Å². The van der Waals surface area contributed by atoms with Crippen molar-refractivity contribution >= 4 is 29.2 Å². The van der Waals surface area contributed by atoms with Crippen molar-refractivity contribution in [3.8, 4) is 28.4 Å². The number of rotatable bonds is 4. The minimum Gasteiger partial charge on any atom is -0.492 e. The van der Waals surface area contributed by atoms with Gasteiger partial charge in [-0.25, -0.2) is 0 Å². The molecule has 3 aromatic rings. The van der Waals surface area contributed by atoms with Gasteiger partial charge in [0.05, 0.1) is 23.1 Å². The first-order valence-electron chi connectivity index (χ1n) is 9.85. The largest absolute Gasteiger partial charge is 0.492 e. The molecule has 2 atom stereocenters. The van der Waals surface area contributed by atoms with Gasteiger partial charge in [-0.1, -0.05) is 47.5 Å². The summed E-state index contributed by atoms with van der Waals surface area (Å²) in [5.74, 6) is 0.821. The zero-order chi connectivity index (χ0) is 21.5. The van der Waals surface area contributed by atoms with Crippen LogP contribution in [0.1, 0.15) is 29.6 Å². The van der Waals surface area contributed by atoms with Gasteiger partial charge in [-0.05, 0) is 41.0 Å². The molecule has 1 unspecified atom stereocenters. The molecule has 2 aliphatic heterocycles. The Labute approximate surface area is 189 Å². The number of ether oxygens (including phenoxy) is 3. The zero-order valence-corrected chi connectivity index (χ0v) is 17.8. The zero-order valence-electron chi connectivity index (χ0n) is 16.3. The van der Waals surface area contributed by atoms with Crippen molar-refractivity contribution < 1.29 is 24.1 Å². The molecule has 3 aromatic carbocycles. The highest BCUT2D eigenvalue weighted by Crippen LogP contribution is 2.46. The average Bonchev–Trinajstić information content (AvgIpc) is 3.14. The van der Waals surface area contributed by atoms with Gasteiger partial charge in [0.2, 0.25) is 0 Å². The molecule has 0 radical (unpaired) electrons. The summed E-state index contributed by atoms with van der Waals surface area (Å²) in [5, 5.41) is 10.1. The monoisotopic (exact) mass is 456 g/mol. The van der Waals surface area contributed by atoms with Gasteiger partial charge in [-0.2, -0.15) is 0 Å². The summed E-state index contributed by atoms with van der Waals surface area (Å²) in [6.07, 6.45) is -0.263. The molecule has 0 amide bonds. The van der Waals surface area contributed by atoms with E-state index >= 15 is 0 Å². The lowest BCUT2D eigenvalue weighted by molar-refractivity contribution is -0.137. The van der Waals surface area contributed by atoms with Crippen molar-refractivity contribution in [2.45, 2.75) is 18.4 Å². The topological polar surface area (TPSA) is 65.0 Å². The number of benzene rings is 3. The molecule has 0 bridgehead atoms. The molecular formula is C24H18Cl2O5. The number of carboxylic acid groups (broad SMARTS) is 1. The predicted molar refractivity (Wildman–Crippen MR) is 118 cm³/mol. The van der Waals surface area contributed by atoms with Crippen molar-refractivity contribution in [1.29, 1.82) is 0 Å². The number of halogens is 2. The summed E-state index contributed by atoms with van der Waals surface area (Å²) in [6, 6.07) is 17.2. The molecule has 0 spiro atoms. The van der Waals surface area contributed by atoms with Crippen LogP contribution in [0.25, 0.3) is 11.1 Å². The van der Waals surface area contributed by atoms with Gasteiger partial charge in [-0.15, -0.1) is 0 Å². The Balaban J connectivity index is 1.40. The minimum atomic E-state index is -0.849. The molecule has 5 nitrogen and oxygen atoms in total. The lowest BCUT2D eigenvalue weighted by Gasteiger charge is -2.27. The van der Waals surface area contributed by atoms with E-state index < -0.39 is 5.97 Å². The van der Waals surface area contributed by atoms with E-state index in [1.54, 1.807) is 12.1 Å². The molecule has 31 heavy (non-hydrogen) atoms. The van der Waals surface area contributed by atoms with Crippen molar-refractivity contribution in [3.05, 3.63) is 75.8 Å². The Hall–Kier alpha value is -2.89. The molecule has 0 saturated heterocycles. The Morgan fingerprint density at radius 3 is 2.52 bits per heavy atom. The number of hydrogen-bond donors (Lipinski definition) is 1. The second-order valence-electron chi connectivity index (χ2n) is 7.61. The third-order valence-corrected chi connectivity index (χ3v) is 6.29. The second kappa shape index (κ2) is 7.98. The summed E-state index contributed by atoms with van der Waals surface area (Å²) in [4.78, 5) is 11.1. The smallest absolute Gasteiger partial charge is 0.304 e. The quantitative estimate of drug-likeness (QED) is 0.511. The molecule has 0 aliphatic carbocycles. The van der Waals surface area contributed by atoms with E-state index in [0.717, 1.165) is 22.3 Å². The number of hydrogen-bond acceptors (Lipinski definition) is 4. The first kappa shape index (κ1) is 20.0. The van der Waals surface area contributed by atoms with Crippen molar-refractivity contribution in [1.82, 2.24) is 0 Å². The predicted octanol–water partition coefficient (Wildman–Crippen LogP) is 6.12. The molecule has 0 fully saturated rings. The maximum atomic E-state index is 11.1. The first-order chi connectivity index (χ1) is 15.0. The third kappa shape index (κ3) is 3.91. The van der Waals surface area contributed by atoms with Crippen LogP contribution in [-0.4, -0.2) is 24.3 Å². The van der Waals surface area contributed by atoms with Crippen LogP contribution in [0.15, 0.2) is 54.6 Å². The second-order valence-corrected chi connectivity index (χ2v) is 8.43. The number of carboxylic acids is 1. The minimum absolute atomic E-state index is 0.0246. The summed E-state index contributed by atoms with van der Waals surface area (Å²) >= 11 is 12.2. The molecule has 5 rings (SSSR count). The maximum absolute atomic E-state index is 11.1. The Morgan fingerprint density at radius 1 is 0.903 bits per heavy atom. The summed E-state index contributed by atoms with van der Waals surface area (Å²) in [6.45, 7) is 0.695. The van der Waals surface area contributed by atoms with Crippen molar-refractivity contribution in [2.75, 3.05) is 13.2 Å².